The second-order valence-electron chi connectivity index (χ2n) is 8.94. The van der Waals surface area contributed by atoms with E-state index in [9.17, 15) is 14.4 Å². The molecule has 0 heterocycles. The number of methoxy groups -OCH3 is 4. The van der Waals surface area contributed by atoms with E-state index in [1.54, 1.807) is 30.3 Å². The van der Waals surface area contributed by atoms with Crippen molar-refractivity contribution in [3.63, 3.8) is 0 Å². The average Bonchev–Trinajstić information content (AvgIpc) is 3.02. The minimum atomic E-state index is -0.653. The molecule has 11 heteroatoms. The molecular weight excluding hydrogens is 542 g/mol. The number of esters is 1. The van der Waals surface area contributed by atoms with E-state index < -0.39 is 5.97 Å². The fraction of sp³-hybridized carbons (Fsp3) is 0.290. The Morgan fingerprint density at radius 2 is 1.43 bits per heavy atom. The second kappa shape index (κ2) is 16.3. The minimum absolute atomic E-state index is 0.107. The molecule has 0 aliphatic carbocycles. The third-order valence-electron chi connectivity index (χ3n) is 6.10. The summed E-state index contributed by atoms with van der Waals surface area (Å²) in [6, 6.07) is 16.9. The number of carbonyl (C=O) groups excluding carboxylic acids is 3. The normalized spacial score (nSPS) is 10.6. The van der Waals surface area contributed by atoms with E-state index >= 15 is 0 Å². The van der Waals surface area contributed by atoms with E-state index in [0.29, 0.717) is 53.5 Å². The van der Waals surface area contributed by atoms with Crippen molar-refractivity contribution in [2.75, 3.05) is 35.0 Å². The van der Waals surface area contributed by atoms with Crippen LogP contribution in [0.15, 0.2) is 65.8 Å². The van der Waals surface area contributed by atoms with Crippen LogP contribution >= 0.6 is 0 Å². The summed E-state index contributed by atoms with van der Waals surface area (Å²) >= 11 is 0. The summed E-state index contributed by atoms with van der Waals surface area (Å²) in [6.45, 7) is 0.545. The lowest BCUT2D eigenvalue weighted by atomic mass is 10.1. The Kier molecular flexibility index (Phi) is 12.2. The molecule has 0 atom stereocenters. The second-order valence-corrected chi connectivity index (χ2v) is 8.94. The van der Waals surface area contributed by atoms with Gasteiger partial charge in [-0.05, 0) is 60.9 Å². The molecule has 0 unspecified atom stereocenters. The molecule has 42 heavy (non-hydrogen) atoms. The standard InChI is InChI=1S/C31H35N3O8/c1-38-25-17-21(14-15-24(25)42-31(37)23-18-26(39-2)29(41-4)27(19-23)40-3)20-33-34-28(35)13-9-6-10-16-32-30(36)22-11-7-5-8-12-22/h5,7-8,11-12,14-15,17-20H,6,9-10,13,16H2,1-4H3,(H,32,36)(H,34,35)/b33-20+. The Bertz CT molecular complexity index is 1370. The zero-order valence-corrected chi connectivity index (χ0v) is 24.1. The van der Waals surface area contributed by atoms with Gasteiger partial charge in [-0.25, -0.2) is 10.2 Å². The van der Waals surface area contributed by atoms with Crippen LogP contribution in [0, 0.1) is 0 Å². The van der Waals surface area contributed by atoms with E-state index in [2.05, 4.69) is 15.8 Å². The summed E-state index contributed by atoms with van der Waals surface area (Å²) in [5, 5.41) is 6.87. The Labute approximate surface area is 244 Å². The fourth-order valence-corrected chi connectivity index (χ4v) is 3.92. The van der Waals surface area contributed by atoms with Crippen molar-refractivity contribution in [3.05, 3.63) is 77.4 Å². The van der Waals surface area contributed by atoms with Gasteiger partial charge in [0.25, 0.3) is 5.91 Å². The maximum absolute atomic E-state index is 12.9. The van der Waals surface area contributed by atoms with Gasteiger partial charge in [-0.3, -0.25) is 9.59 Å². The molecule has 0 aliphatic rings. The largest absolute Gasteiger partial charge is 0.493 e. The highest BCUT2D eigenvalue weighted by Crippen LogP contribution is 2.38. The predicted molar refractivity (Wildman–Crippen MR) is 157 cm³/mol. The molecule has 0 spiro atoms. The van der Waals surface area contributed by atoms with E-state index in [0.717, 1.165) is 12.8 Å². The SMILES string of the molecule is COc1cc(/C=N/NC(=O)CCCCCNC(=O)c2ccccc2)ccc1OC(=O)c1cc(OC)c(OC)c(OC)c1. The van der Waals surface area contributed by atoms with Crippen LogP contribution in [0.25, 0.3) is 0 Å². The molecule has 0 saturated heterocycles. The lowest BCUT2D eigenvalue weighted by Gasteiger charge is -2.14. The molecule has 3 rings (SSSR count). The van der Waals surface area contributed by atoms with Crippen molar-refractivity contribution < 1.29 is 38.1 Å². The first-order chi connectivity index (χ1) is 20.4. The van der Waals surface area contributed by atoms with Gasteiger partial charge in [0.15, 0.2) is 23.0 Å². The third-order valence-corrected chi connectivity index (χ3v) is 6.10. The Hall–Kier alpha value is -5.06. The Balaban J connectivity index is 1.46. The fourth-order valence-electron chi connectivity index (χ4n) is 3.92. The minimum Gasteiger partial charge on any atom is -0.493 e. The van der Waals surface area contributed by atoms with Gasteiger partial charge in [-0.2, -0.15) is 5.10 Å². The summed E-state index contributed by atoms with van der Waals surface area (Å²) in [7, 11) is 5.82. The molecule has 2 N–H and O–H groups in total. The number of rotatable bonds is 15. The molecular formula is C31H35N3O8. The van der Waals surface area contributed by atoms with Crippen LogP contribution in [0.4, 0.5) is 0 Å². The Morgan fingerprint density at radius 3 is 2.07 bits per heavy atom. The molecule has 2 amide bonds. The number of hydrazone groups is 1. The summed E-state index contributed by atoms with van der Waals surface area (Å²) < 4.78 is 26.8. The van der Waals surface area contributed by atoms with Crippen LogP contribution in [0.3, 0.4) is 0 Å². The maximum atomic E-state index is 12.9. The van der Waals surface area contributed by atoms with Crippen molar-refractivity contribution >= 4 is 24.0 Å². The number of nitrogens with one attached hydrogen (secondary N) is 2. The number of unbranched alkanes of at least 4 members (excludes halogenated alkanes) is 2. The van der Waals surface area contributed by atoms with Gasteiger partial charge in [0.2, 0.25) is 11.7 Å². The Morgan fingerprint density at radius 1 is 0.738 bits per heavy atom. The molecule has 0 radical (unpaired) electrons. The first-order valence-electron chi connectivity index (χ1n) is 13.3. The van der Waals surface area contributed by atoms with E-state index in [4.69, 9.17) is 23.7 Å². The molecule has 0 aromatic heterocycles. The van der Waals surface area contributed by atoms with Gasteiger partial charge < -0.3 is 29.0 Å². The summed E-state index contributed by atoms with van der Waals surface area (Å²) in [4.78, 5) is 37.0. The smallest absolute Gasteiger partial charge is 0.343 e. The molecule has 0 saturated carbocycles. The van der Waals surface area contributed by atoms with Crippen molar-refractivity contribution in [1.29, 1.82) is 0 Å². The van der Waals surface area contributed by atoms with Crippen molar-refractivity contribution in [1.82, 2.24) is 10.7 Å². The topological polar surface area (TPSA) is 134 Å². The first kappa shape index (κ1) is 31.5. The number of hydrogen-bond acceptors (Lipinski definition) is 9. The number of hydrogen-bond donors (Lipinski definition) is 2. The molecule has 3 aromatic carbocycles. The highest BCUT2D eigenvalue weighted by molar-refractivity contribution is 5.94. The van der Waals surface area contributed by atoms with Gasteiger partial charge >= 0.3 is 5.97 Å². The van der Waals surface area contributed by atoms with Crippen molar-refractivity contribution in [2.45, 2.75) is 25.7 Å². The highest BCUT2D eigenvalue weighted by atomic mass is 16.6. The third kappa shape index (κ3) is 8.98. The van der Waals surface area contributed by atoms with E-state index in [-0.39, 0.29) is 23.1 Å². The predicted octanol–water partition coefficient (Wildman–Crippen LogP) is 4.38. The first-order valence-corrected chi connectivity index (χ1v) is 13.3. The number of amides is 2. The van der Waals surface area contributed by atoms with Crippen molar-refractivity contribution in [3.8, 4) is 28.7 Å². The number of nitrogens with zero attached hydrogens (tertiary/aromatic N) is 1. The summed E-state index contributed by atoms with van der Waals surface area (Å²) in [5.41, 5.74) is 3.93. The molecule has 0 aliphatic heterocycles. The molecule has 11 nitrogen and oxygen atoms in total. The van der Waals surface area contributed by atoms with Crippen LogP contribution < -0.4 is 34.4 Å². The lowest BCUT2D eigenvalue weighted by Crippen LogP contribution is -2.24. The highest BCUT2D eigenvalue weighted by Gasteiger charge is 2.19. The molecule has 0 fully saturated rings. The number of ether oxygens (including phenoxy) is 5. The zero-order valence-electron chi connectivity index (χ0n) is 24.1. The lowest BCUT2D eigenvalue weighted by molar-refractivity contribution is -0.121. The van der Waals surface area contributed by atoms with Gasteiger partial charge in [-0.15, -0.1) is 0 Å². The van der Waals surface area contributed by atoms with Gasteiger partial charge in [-0.1, -0.05) is 24.6 Å². The molecule has 3 aromatic rings. The van der Waals surface area contributed by atoms with Crippen molar-refractivity contribution in [2.24, 2.45) is 5.10 Å². The van der Waals surface area contributed by atoms with Gasteiger partial charge in [0.05, 0.1) is 40.2 Å². The van der Waals surface area contributed by atoms with Crippen LogP contribution in [-0.4, -0.2) is 59.0 Å². The van der Waals surface area contributed by atoms with Crippen LogP contribution in [0.2, 0.25) is 0 Å². The van der Waals surface area contributed by atoms with Gasteiger partial charge in [0.1, 0.15) is 0 Å². The quantitative estimate of drug-likeness (QED) is 0.0894. The molecule has 0 bridgehead atoms. The average molecular weight is 578 g/mol. The number of carbonyl (C=O) groups is 3. The number of benzene rings is 3. The summed E-state index contributed by atoms with van der Waals surface area (Å²) in [5.74, 6) is 0.497. The van der Waals surface area contributed by atoms with E-state index in [1.807, 2.05) is 18.2 Å². The van der Waals surface area contributed by atoms with Crippen LogP contribution in [-0.2, 0) is 4.79 Å². The maximum Gasteiger partial charge on any atom is 0.343 e. The summed E-state index contributed by atoms with van der Waals surface area (Å²) in [6.07, 6.45) is 4.00. The van der Waals surface area contributed by atoms with E-state index in [1.165, 1.54) is 46.8 Å². The monoisotopic (exact) mass is 577 g/mol. The van der Waals surface area contributed by atoms with Crippen LogP contribution in [0.5, 0.6) is 28.7 Å². The molecule has 222 valence electrons. The van der Waals surface area contributed by atoms with Gasteiger partial charge in [0, 0.05) is 18.5 Å². The zero-order chi connectivity index (χ0) is 30.3. The van der Waals surface area contributed by atoms with Crippen LogP contribution in [0.1, 0.15) is 52.0 Å².